The molecule has 0 aliphatic heterocycles. The van der Waals surface area contributed by atoms with E-state index in [0.29, 0.717) is 12.5 Å². The molecular formula is C22H29N3O2. The SMILES string of the molecule is CNC(=O)C1CCC(CNC(=O)c2ccc(N(C)C)c3ccccc23)CC1. The summed E-state index contributed by atoms with van der Waals surface area (Å²) in [4.78, 5) is 26.6. The van der Waals surface area contributed by atoms with Crippen LogP contribution in [0.4, 0.5) is 5.69 Å². The molecule has 2 amide bonds. The first-order chi connectivity index (χ1) is 13.0. The normalized spacial score (nSPS) is 19.5. The van der Waals surface area contributed by atoms with Crippen molar-refractivity contribution in [2.24, 2.45) is 11.8 Å². The molecule has 1 aliphatic carbocycles. The molecule has 0 bridgehead atoms. The van der Waals surface area contributed by atoms with Crippen molar-refractivity contribution < 1.29 is 9.59 Å². The van der Waals surface area contributed by atoms with Gasteiger partial charge in [0.2, 0.25) is 5.91 Å². The molecule has 5 nitrogen and oxygen atoms in total. The van der Waals surface area contributed by atoms with Crippen LogP contribution in [0.15, 0.2) is 36.4 Å². The van der Waals surface area contributed by atoms with E-state index in [-0.39, 0.29) is 17.7 Å². The molecule has 5 heteroatoms. The lowest BCUT2D eigenvalue weighted by atomic mass is 9.81. The van der Waals surface area contributed by atoms with Crippen molar-refractivity contribution in [2.75, 3.05) is 32.6 Å². The number of carbonyl (C=O) groups excluding carboxylic acids is 2. The largest absolute Gasteiger partial charge is 0.377 e. The third kappa shape index (κ3) is 4.24. The van der Waals surface area contributed by atoms with Crippen LogP contribution in [0.25, 0.3) is 10.8 Å². The Balaban J connectivity index is 1.66. The van der Waals surface area contributed by atoms with Crippen LogP contribution in [0.3, 0.4) is 0 Å². The Bertz CT molecular complexity index is 823. The van der Waals surface area contributed by atoms with Gasteiger partial charge in [0.25, 0.3) is 5.91 Å². The fourth-order valence-electron chi connectivity index (χ4n) is 4.04. The number of nitrogens with one attached hydrogen (secondary N) is 2. The van der Waals surface area contributed by atoms with E-state index in [2.05, 4.69) is 21.6 Å². The molecule has 3 rings (SSSR count). The number of hydrogen-bond acceptors (Lipinski definition) is 3. The Morgan fingerprint density at radius 3 is 2.30 bits per heavy atom. The molecule has 0 spiro atoms. The van der Waals surface area contributed by atoms with Gasteiger partial charge in [0, 0.05) is 50.2 Å². The molecule has 27 heavy (non-hydrogen) atoms. The first kappa shape index (κ1) is 19.2. The number of hydrogen-bond donors (Lipinski definition) is 2. The maximum atomic E-state index is 12.8. The lowest BCUT2D eigenvalue weighted by molar-refractivity contribution is -0.125. The van der Waals surface area contributed by atoms with Crippen molar-refractivity contribution in [1.82, 2.24) is 10.6 Å². The summed E-state index contributed by atoms with van der Waals surface area (Å²) in [6.07, 6.45) is 3.78. The van der Waals surface area contributed by atoms with Gasteiger partial charge in [-0.3, -0.25) is 9.59 Å². The number of anilines is 1. The van der Waals surface area contributed by atoms with Crippen LogP contribution in [-0.2, 0) is 4.79 Å². The Kier molecular flexibility index (Phi) is 5.99. The average Bonchev–Trinajstić information content (AvgIpc) is 2.70. The van der Waals surface area contributed by atoms with E-state index in [1.54, 1.807) is 7.05 Å². The lowest BCUT2D eigenvalue weighted by Gasteiger charge is -2.27. The van der Waals surface area contributed by atoms with Crippen LogP contribution in [0.5, 0.6) is 0 Å². The van der Waals surface area contributed by atoms with E-state index in [4.69, 9.17) is 0 Å². The molecule has 0 aromatic heterocycles. The Hall–Kier alpha value is -2.56. The standard InChI is InChI=1S/C22H29N3O2/c1-23-21(26)16-10-8-15(9-11-16)14-24-22(27)19-12-13-20(25(2)3)18-7-5-4-6-17(18)19/h4-7,12-13,15-16H,8-11,14H2,1-3H3,(H,23,26)(H,24,27). The van der Waals surface area contributed by atoms with Gasteiger partial charge in [-0.05, 0) is 49.1 Å². The predicted molar refractivity (Wildman–Crippen MR) is 110 cm³/mol. The lowest BCUT2D eigenvalue weighted by Crippen LogP contribution is -2.35. The van der Waals surface area contributed by atoms with Gasteiger partial charge in [0.05, 0.1) is 0 Å². The Morgan fingerprint density at radius 2 is 1.67 bits per heavy atom. The highest BCUT2D eigenvalue weighted by molar-refractivity contribution is 6.10. The van der Waals surface area contributed by atoms with E-state index in [9.17, 15) is 9.59 Å². The number of rotatable bonds is 5. The first-order valence-corrected chi connectivity index (χ1v) is 9.70. The molecule has 2 aromatic rings. The Morgan fingerprint density at radius 1 is 1.00 bits per heavy atom. The van der Waals surface area contributed by atoms with Gasteiger partial charge in [0.1, 0.15) is 0 Å². The highest BCUT2D eigenvalue weighted by Crippen LogP contribution is 2.30. The van der Waals surface area contributed by atoms with Crippen LogP contribution < -0.4 is 15.5 Å². The van der Waals surface area contributed by atoms with Gasteiger partial charge in [-0.2, -0.15) is 0 Å². The first-order valence-electron chi connectivity index (χ1n) is 9.70. The summed E-state index contributed by atoms with van der Waals surface area (Å²) in [5.74, 6) is 0.696. The summed E-state index contributed by atoms with van der Waals surface area (Å²) in [6.45, 7) is 0.670. The number of nitrogens with zero attached hydrogens (tertiary/aromatic N) is 1. The molecular weight excluding hydrogens is 338 g/mol. The topological polar surface area (TPSA) is 61.4 Å². The minimum atomic E-state index is -0.0232. The van der Waals surface area contributed by atoms with E-state index in [0.717, 1.165) is 47.7 Å². The second-order valence-corrected chi connectivity index (χ2v) is 7.61. The van der Waals surface area contributed by atoms with Gasteiger partial charge in [-0.1, -0.05) is 24.3 Å². The summed E-state index contributed by atoms with van der Waals surface area (Å²) < 4.78 is 0. The molecule has 0 radical (unpaired) electrons. The zero-order valence-corrected chi connectivity index (χ0v) is 16.4. The highest BCUT2D eigenvalue weighted by Gasteiger charge is 2.26. The van der Waals surface area contributed by atoms with Crippen LogP contribution in [0, 0.1) is 11.8 Å². The molecule has 1 saturated carbocycles. The van der Waals surface area contributed by atoms with Crippen molar-refractivity contribution in [3.63, 3.8) is 0 Å². The molecule has 2 N–H and O–H groups in total. The molecule has 1 aliphatic rings. The highest BCUT2D eigenvalue weighted by atomic mass is 16.2. The number of carbonyl (C=O) groups is 2. The summed E-state index contributed by atoms with van der Waals surface area (Å²) >= 11 is 0. The summed E-state index contributed by atoms with van der Waals surface area (Å²) in [6, 6.07) is 12.0. The maximum absolute atomic E-state index is 12.8. The third-order valence-electron chi connectivity index (χ3n) is 5.64. The monoisotopic (exact) mass is 367 g/mol. The zero-order valence-electron chi connectivity index (χ0n) is 16.4. The minimum Gasteiger partial charge on any atom is -0.377 e. The predicted octanol–water partition coefficient (Wildman–Crippen LogP) is 3.19. The van der Waals surface area contributed by atoms with Gasteiger partial charge >= 0.3 is 0 Å². The van der Waals surface area contributed by atoms with Gasteiger partial charge in [-0.25, -0.2) is 0 Å². The van der Waals surface area contributed by atoms with E-state index in [1.165, 1.54) is 0 Å². The maximum Gasteiger partial charge on any atom is 0.251 e. The second kappa shape index (κ2) is 8.42. The van der Waals surface area contributed by atoms with Crippen molar-refractivity contribution in [2.45, 2.75) is 25.7 Å². The average molecular weight is 367 g/mol. The van der Waals surface area contributed by atoms with Crippen LogP contribution >= 0.6 is 0 Å². The van der Waals surface area contributed by atoms with E-state index in [1.807, 2.05) is 44.4 Å². The van der Waals surface area contributed by atoms with Crippen LogP contribution in [0.2, 0.25) is 0 Å². The molecule has 2 aromatic carbocycles. The quantitative estimate of drug-likeness (QED) is 0.853. The molecule has 0 saturated heterocycles. The number of benzene rings is 2. The van der Waals surface area contributed by atoms with Gasteiger partial charge in [0.15, 0.2) is 0 Å². The smallest absolute Gasteiger partial charge is 0.251 e. The van der Waals surface area contributed by atoms with Crippen molar-refractivity contribution >= 4 is 28.3 Å². The van der Waals surface area contributed by atoms with Gasteiger partial charge in [-0.15, -0.1) is 0 Å². The third-order valence-corrected chi connectivity index (χ3v) is 5.64. The summed E-state index contributed by atoms with van der Waals surface area (Å²) in [5.41, 5.74) is 1.82. The fraction of sp³-hybridized carbons (Fsp3) is 0.455. The fourth-order valence-corrected chi connectivity index (χ4v) is 4.04. The Labute approximate surface area is 161 Å². The van der Waals surface area contributed by atoms with Gasteiger partial charge < -0.3 is 15.5 Å². The zero-order chi connectivity index (χ0) is 19.4. The number of fused-ring (bicyclic) bond motifs is 1. The molecule has 144 valence electrons. The summed E-state index contributed by atoms with van der Waals surface area (Å²) in [7, 11) is 5.72. The molecule has 0 heterocycles. The second-order valence-electron chi connectivity index (χ2n) is 7.61. The summed E-state index contributed by atoms with van der Waals surface area (Å²) in [5, 5.41) is 7.91. The van der Waals surface area contributed by atoms with Crippen LogP contribution in [0.1, 0.15) is 36.0 Å². The molecule has 1 fully saturated rings. The molecule has 0 unspecified atom stereocenters. The molecule has 0 atom stereocenters. The number of amides is 2. The van der Waals surface area contributed by atoms with E-state index < -0.39 is 0 Å². The van der Waals surface area contributed by atoms with Crippen molar-refractivity contribution in [3.05, 3.63) is 42.0 Å². The van der Waals surface area contributed by atoms with Crippen molar-refractivity contribution in [3.8, 4) is 0 Å². The van der Waals surface area contributed by atoms with Crippen molar-refractivity contribution in [1.29, 1.82) is 0 Å². The van der Waals surface area contributed by atoms with Crippen LogP contribution in [-0.4, -0.2) is 39.5 Å². The minimum absolute atomic E-state index is 0.0232. The van der Waals surface area contributed by atoms with E-state index >= 15 is 0 Å².